The van der Waals surface area contributed by atoms with E-state index in [1.165, 1.54) is 11.1 Å². The fourth-order valence-corrected chi connectivity index (χ4v) is 3.13. The fourth-order valence-electron chi connectivity index (χ4n) is 2.56. The number of aryl methyl sites for hydroxylation is 1. The maximum atomic E-state index is 11.2. The molecule has 0 saturated carbocycles. The summed E-state index contributed by atoms with van der Waals surface area (Å²) in [6.07, 6.45) is 3.01. The number of hydrogen-bond acceptors (Lipinski definition) is 4. The van der Waals surface area contributed by atoms with Crippen LogP contribution in [-0.4, -0.2) is 23.6 Å². The Morgan fingerprint density at radius 2 is 2.11 bits per heavy atom. The van der Waals surface area contributed by atoms with Gasteiger partial charge in [0, 0.05) is 16.6 Å². The lowest BCUT2D eigenvalue weighted by molar-refractivity contribution is 0.589. The van der Waals surface area contributed by atoms with Gasteiger partial charge in [0.15, 0.2) is 0 Å². The second-order valence-electron chi connectivity index (χ2n) is 4.58. The largest absolute Gasteiger partial charge is 0.298 e. The van der Waals surface area contributed by atoms with Crippen LogP contribution in [0, 0.1) is 0 Å². The molecule has 1 aromatic carbocycles. The van der Waals surface area contributed by atoms with Crippen molar-refractivity contribution in [3.05, 3.63) is 41.2 Å². The highest BCUT2D eigenvalue weighted by atomic mass is 35.7. The van der Waals surface area contributed by atoms with E-state index in [1.807, 2.05) is 12.1 Å². The maximum absolute atomic E-state index is 11.2. The third kappa shape index (κ3) is 2.37. The van der Waals surface area contributed by atoms with Gasteiger partial charge in [-0.25, -0.2) is 13.4 Å². The lowest BCUT2D eigenvalue weighted by Crippen LogP contribution is -2.12. The van der Waals surface area contributed by atoms with Crippen LogP contribution >= 0.6 is 10.7 Å². The van der Waals surface area contributed by atoms with Crippen LogP contribution in [0.4, 0.5) is 0 Å². The molecule has 0 bridgehead atoms. The molecular formula is C12H12ClN3O2S. The zero-order valence-electron chi connectivity index (χ0n) is 10.0. The Kier molecular flexibility index (Phi) is 3.06. The monoisotopic (exact) mass is 297 g/mol. The van der Waals surface area contributed by atoms with Crippen molar-refractivity contribution in [1.29, 1.82) is 0 Å². The number of rotatable bonds is 2. The normalized spacial score (nSPS) is 19.1. The molecule has 1 aromatic heterocycles. The molecule has 0 aliphatic heterocycles. The van der Waals surface area contributed by atoms with Crippen LogP contribution in [0.25, 0.3) is 0 Å². The zero-order valence-corrected chi connectivity index (χ0v) is 11.6. The van der Waals surface area contributed by atoms with Crippen LogP contribution < -0.4 is 0 Å². The minimum absolute atomic E-state index is 0.0598. The van der Waals surface area contributed by atoms with E-state index < -0.39 is 9.05 Å². The first-order chi connectivity index (χ1) is 9.05. The van der Waals surface area contributed by atoms with E-state index in [0.717, 1.165) is 19.3 Å². The highest BCUT2D eigenvalue weighted by Gasteiger charge is 2.26. The highest BCUT2D eigenvalue weighted by Crippen LogP contribution is 2.35. The Morgan fingerprint density at radius 3 is 2.84 bits per heavy atom. The van der Waals surface area contributed by atoms with Gasteiger partial charge in [-0.1, -0.05) is 24.3 Å². The number of fused-ring (bicyclic) bond motifs is 1. The summed E-state index contributed by atoms with van der Waals surface area (Å²) in [5, 5.41) is 6.02. The molecule has 0 spiro atoms. The maximum Gasteiger partial charge on any atom is 0.298 e. The Bertz CT molecular complexity index is 711. The van der Waals surface area contributed by atoms with E-state index >= 15 is 0 Å². The molecule has 3 rings (SSSR count). The molecule has 0 saturated heterocycles. The van der Waals surface area contributed by atoms with Crippen LogP contribution in [0.3, 0.4) is 0 Å². The molecule has 0 radical (unpaired) electrons. The van der Waals surface area contributed by atoms with Gasteiger partial charge in [-0.15, -0.1) is 5.10 Å². The average molecular weight is 298 g/mol. The van der Waals surface area contributed by atoms with E-state index in [-0.39, 0.29) is 11.1 Å². The van der Waals surface area contributed by atoms with Crippen molar-refractivity contribution in [3.8, 4) is 0 Å². The van der Waals surface area contributed by atoms with Crippen LogP contribution in [0.2, 0.25) is 0 Å². The van der Waals surface area contributed by atoms with Gasteiger partial charge < -0.3 is 0 Å². The Morgan fingerprint density at radius 1 is 1.32 bits per heavy atom. The molecule has 1 aliphatic carbocycles. The number of H-pyrrole nitrogens is 1. The number of halogens is 1. The summed E-state index contributed by atoms with van der Waals surface area (Å²) in [5.74, 6) is 0.621. The number of aromatic amines is 1. The van der Waals surface area contributed by atoms with Crippen LogP contribution in [-0.2, 0) is 15.5 Å². The fraction of sp³-hybridized carbons (Fsp3) is 0.333. The molecule has 0 fully saturated rings. The number of benzene rings is 1. The molecule has 0 amide bonds. The van der Waals surface area contributed by atoms with Gasteiger partial charge in [-0.05, 0) is 30.4 Å². The summed E-state index contributed by atoms with van der Waals surface area (Å²) in [6, 6.07) is 8.14. The van der Waals surface area contributed by atoms with E-state index in [9.17, 15) is 8.42 Å². The minimum atomic E-state index is -3.88. The van der Waals surface area contributed by atoms with Gasteiger partial charge >= 0.3 is 0 Å². The standard InChI is InChI=1S/C12H12ClN3O2S/c13-19(17,18)12-14-11(15-16-12)10-7-3-5-8-4-1-2-6-9(8)10/h1-2,4,6,10H,3,5,7H2,(H,14,15,16). The average Bonchev–Trinajstić information content (AvgIpc) is 2.87. The van der Waals surface area contributed by atoms with Gasteiger partial charge in [-0.3, -0.25) is 5.10 Å². The summed E-state index contributed by atoms with van der Waals surface area (Å²) >= 11 is 0. The molecular weight excluding hydrogens is 286 g/mol. The zero-order chi connectivity index (χ0) is 13.5. The minimum Gasteiger partial charge on any atom is -0.261 e. The summed E-state index contributed by atoms with van der Waals surface area (Å²) in [5.41, 5.74) is 2.47. The lowest BCUT2D eigenvalue weighted by atomic mass is 9.82. The lowest BCUT2D eigenvalue weighted by Gasteiger charge is -2.23. The summed E-state index contributed by atoms with van der Waals surface area (Å²) < 4.78 is 22.4. The highest BCUT2D eigenvalue weighted by molar-refractivity contribution is 8.13. The second-order valence-corrected chi connectivity index (χ2v) is 7.04. The van der Waals surface area contributed by atoms with Crippen molar-refractivity contribution in [3.63, 3.8) is 0 Å². The third-order valence-corrected chi connectivity index (χ3v) is 4.43. The molecule has 1 heterocycles. The predicted molar refractivity (Wildman–Crippen MR) is 70.6 cm³/mol. The first-order valence-corrected chi connectivity index (χ1v) is 8.31. The SMILES string of the molecule is O=S(=O)(Cl)c1n[nH]c(C2CCCc3ccccc32)n1. The molecule has 5 nitrogen and oxygen atoms in total. The summed E-state index contributed by atoms with van der Waals surface area (Å²) in [4.78, 5) is 4.02. The molecule has 2 aromatic rings. The van der Waals surface area contributed by atoms with Crippen molar-refractivity contribution in [2.45, 2.75) is 30.3 Å². The van der Waals surface area contributed by atoms with Crippen molar-refractivity contribution in [1.82, 2.24) is 15.2 Å². The smallest absolute Gasteiger partial charge is 0.261 e. The Labute approximate surface area is 115 Å². The predicted octanol–water partition coefficient (Wildman–Crippen LogP) is 2.20. The van der Waals surface area contributed by atoms with Gasteiger partial charge in [-0.2, -0.15) is 0 Å². The quantitative estimate of drug-likeness (QED) is 0.862. The Balaban J connectivity index is 2.02. The summed E-state index contributed by atoms with van der Waals surface area (Å²) in [6.45, 7) is 0. The number of aromatic nitrogens is 3. The number of nitrogens with zero attached hydrogens (tertiary/aromatic N) is 2. The van der Waals surface area contributed by atoms with E-state index in [0.29, 0.717) is 5.82 Å². The molecule has 7 heteroatoms. The van der Waals surface area contributed by atoms with Gasteiger partial charge in [0.1, 0.15) is 5.82 Å². The van der Waals surface area contributed by atoms with Crippen molar-refractivity contribution >= 4 is 19.7 Å². The molecule has 1 N–H and O–H groups in total. The molecule has 1 atom stereocenters. The molecule has 1 aliphatic rings. The van der Waals surface area contributed by atoms with Crippen LogP contribution in [0.5, 0.6) is 0 Å². The van der Waals surface area contributed by atoms with E-state index in [1.54, 1.807) is 0 Å². The van der Waals surface area contributed by atoms with Crippen molar-refractivity contribution < 1.29 is 8.42 Å². The number of nitrogens with one attached hydrogen (secondary N) is 1. The molecule has 19 heavy (non-hydrogen) atoms. The second kappa shape index (κ2) is 4.61. The van der Waals surface area contributed by atoms with Gasteiger partial charge in [0.05, 0.1) is 0 Å². The van der Waals surface area contributed by atoms with E-state index in [4.69, 9.17) is 10.7 Å². The van der Waals surface area contributed by atoms with Crippen LogP contribution in [0.15, 0.2) is 29.4 Å². The summed E-state index contributed by atoms with van der Waals surface area (Å²) in [7, 11) is 1.36. The topological polar surface area (TPSA) is 75.7 Å². The van der Waals surface area contributed by atoms with Crippen molar-refractivity contribution in [2.24, 2.45) is 0 Å². The molecule has 100 valence electrons. The van der Waals surface area contributed by atoms with Gasteiger partial charge in [0.25, 0.3) is 14.2 Å². The van der Waals surface area contributed by atoms with E-state index in [2.05, 4.69) is 27.3 Å². The number of hydrogen-bond donors (Lipinski definition) is 1. The first kappa shape index (κ1) is 12.6. The van der Waals surface area contributed by atoms with Gasteiger partial charge in [0.2, 0.25) is 0 Å². The van der Waals surface area contributed by atoms with Crippen molar-refractivity contribution in [2.75, 3.05) is 0 Å². The Hall–Kier alpha value is -1.40. The molecule has 1 unspecified atom stereocenters. The third-order valence-electron chi connectivity index (χ3n) is 3.40. The van der Waals surface area contributed by atoms with Crippen LogP contribution in [0.1, 0.15) is 35.7 Å². The first-order valence-electron chi connectivity index (χ1n) is 6.00.